The maximum atomic E-state index is 13.0. The van der Waals surface area contributed by atoms with Gasteiger partial charge in [-0.1, -0.05) is 6.07 Å². The molecule has 2 aliphatic rings. The smallest absolute Gasteiger partial charge is 0.256 e. The number of nitrogen functional groups attached to an aromatic ring is 1. The van der Waals surface area contributed by atoms with Gasteiger partial charge in [-0.3, -0.25) is 9.59 Å². The van der Waals surface area contributed by atoms with Crippen molar-refractivity contribution in [3.05, 3.63) is 52.6 Å². The molecule has 7 nitrogen and oxygen atoms in total. The van der Waals surface area contributed by atoms with Crippen molar-refractivity contribution in [2.75, 3.05) is 18.8 Å². The molecule has 4 rings (SSSR count). The number of nitrogens with one attached hydrogen (secondary N) is 1. The zero-order valence-corrected chi connectivity index (χ0v) is 16.4. The standard InChI is InChI=1S/C22H25N3O4/c1-13(26)18-9-19(20(23)10-21(18)27)22(28)25-11-14-2-3-17(8-15(14)12-25)29-16-4-6-24-7-5-16/h2-3,8-10,16,24,27H,4-7,11-12,23H2,1H3. The summed E-state index contributed by atoms with van der Waals surface area (Å²) in [5.74, 6) is 0.0342. The highest BCUT2D eigenvalue weighted by Gasteiger charge is 2.27. The fraction of sp³-hybridized carbons (Fsp3) is 0.364. The molecule has 0 spiro atoms. The first-order chi connectivity index (χ1) is 13.9. The van der Waals surface area contributed by atoms with E-state index in [1.807, 2.05) is 18.2 Å². The molecule has 0 radical (unpaired) electrons. The Balaban J connectivity index is 1.51. The van der Waals surface area contributed by atoms with Gasteiger partial charge in [-0.25, -0.2) is 0 Å². The van der Waals surface area contributed by atoms with E-state index in [1.54, 1.807) is 4.90 Å². The molecule has 4 N–H and O–H groups in total. The predicted molar refractivity (Wildman–Crippen MR) is 109 cm³/mol. The SMILES string of the molecule is CC(=O)c1cc(C(=O)N2Cc3ccc(OC4CCNCC4)cc3C2)c(N)cc1O. The van der Waals surface area contributed by atoms with Gasteiger partial charge in [0.25, 0.3) is 5.91 Å². The molecule has 2 aromatic carbocycles. The second-order valence-electron chi connectivity index (χ2n) is 7.67. The minimum absolute atomic E-state index is 0.0944. The van der Waals surface area contributed by atoms with Crippen LogP contribution < -0.4 is 15.8 Å². The van der Waals surface area contributed by atoms with Crippen molar-refractivity contribution in [1.29, 1.82) is 0 Å². The number of anilines is 1. The monoisotopic (exact) mass is 395 g/mol. The second-order valence-corrected chi connectivity index (χ2v) is 7.67. The van der Waals surface area contributed by atoms with Crippen LogP contribution in [0.4, 0.5) is 5.69 Å². The minimum Gasteiger partial charge on any atom is -0.507 e. The number of benzene rings is 2. The summed E-state index contributed by atoms with van der Waals surface area (Å²) in [6.45, 7) is 4.20. The molecule has 2 aromatic rings. The van der Waals surface area contributed by atoms with Crippen molar-refractivity contribution in [2.24, 2.45) is 0 Å². The number of amides is 1. The molecule has 0 unspecified atom stereocenters. The Kier molecular flexibility index (Phi) is 5.15. The van der Waals surface area contributed by atoms with Crippen LogP contribution in [0.5, 0.6) is 11.5 Å². The van der Waals surface area contributed by atoms with E-state index in [1.165, 1.54) is 19.1 Å². The molecule has 1 fully saturated rings. The molecule has 0 atom stereocenters. The second kappa shape index (κ2) is 7.75. The Morgan fingerprint density at radius 3 is 2.55 bits per heavy atom. The van der Waals surface area contributed by atoms with E-state index < -0.39 is 0 Å². The number of piperidine rings is 1. The van der Waals surface area contributed by atoms with E-state index >= 15 is 0 Å². The number of phenols is 1. The third kappa shape index (κ3) is 3.91. The number of carbonyl (C=O) groups excluding carboxylic acids is 2. The molecule has 0 saturated carbocycles. The van der Waals surface area contributed by atoms with Crippen molar-refractivity contribution in [3.63, 3.8) is 0 Å². The van der Waals surface area contributed by atoms with Crippen molar-refractivity contribution < 1.29 is 19.4 Å². The van der Waals surface area contributed by atoms with Gasteiger partial charge in [0.15, 0.2) is 5.78 Å². The highest BCUT2D eigenvalue weighted by atomic mass is 16.5. The van der Waals surface area contributed by atoms with Crippen LogP contribution in [-0.4, -0.2) is 40.9 Å². The number of hydrogen-bond acceptors (Lipinski definition) is 6. The number of hydrogen-bond donors (Lipinski definition) is 3. The van der Waals surface area contributed by atoms with Crippen LogP contribution in [0.15, 0.2) is 30.3 Å². The highest BCUT2D eigenvalue weighted by Crippen LogP contribution is 2.31. The van der Waals surface area contributed by atoms with Crippen LogP contribution in [0, 0.1) is 0 Å². The normalized spacial score (nSPS) is 16.5. The molecule has 29 heavy (non-hydrogen) atoms. The van der Waals surface area contributed by atoms with Gasteiger partial charge >= 0.3 is 0 Å². The fourth-order valence-corrected chi connectivity index (χ4v) is 3.94. The Morgan fingerprint density at radius 1 is 1.10 bits per heavy atom. The number of fused-ring (bicyclic) bond motifs is 1. The van der Waals surface area contributed by atoms with Crippen LogP contribution >= 0.6 is 0 Å². The quantitative estimate of drug-likeness (QED) is 0.543. The molecule has 7 heteroatoms. The van der Waals surface area contributed by atoms with Crippen LogP contribution in [0.1, 0.15) is 51.6 Å². The molecule has 0 aliphatic carbocycles. The summed E-state index contributed by atoms with van der Waals surface area (Å²) in [5.41, 5.74) is 8.55. The van der Waals surface area contributed by atoms with Gasteiger partial charge in [0.1, 0.15) is 17.6 Å². The summed E-state index contributed by atoms with van der Waals surface area (Å²) in [4.78, 5) is 26.4. The zero-order valence-electron chi connectivity index (χ0n) is 16.4. The lowest BCUT2D eigenvalue weighted by atomic mass is 10.0. The third-order valence-corrected chi connectivity index (χ3v) is 5.55. The van der Waals surface area contributed by atoms with Gasteiger partial charge in [-0.05, 0) is 62.2 Å². The zero-order chi connectivity index (χ0) is 20.5. The van der Waals surface area contributed by atoms with Crippen molar-refractivity contribution in [3.8, 4) is 11.5 Å². The van der Waals surface area contributed by atoms with Crippen LogP contribution in [0.3, 0.4) is 0 Å². The largest absolute Gasteiger partial charge is 0.507 e. The first-order valence-electron chi connectivity index (χ1n) is 9.84. The number of Topliss-reactive ketones (excluding diaryl/α,β-unsaturated/α-hetero) is 1. The molecular formula is C22H25N3O4. The van der Waals surface area contributed by atoms with Crippen molar-refractivity contribution in [2.45, 2.75) is 39.0 Å². The van der Waals surface area contributed by atoms with Crippen molar-refractivity contribution >= 4 is 17.4 Å². The van der Waals surface area contributed by atoms with Gasteiger partial charge < -0.3 is 25.8 Å². The summed E-state index contributed by atoms with van der Waals surface area (Å²) in [6, 6.07) is 8.60. The number of nitrogens with two attached hydrogens (primary N) is 1. The molecule has 1 saturated heterocycles. The average molecular weight is 395 g/mol. The first-order valence-corrected chi connectivity index (χ1v) is 9.84. The Bertz CT molecular complexity index is 967. The lowest BCUT2D eigenvalue weighted by Gasteiger charge is -2.24. The van der Waals surface area contributed by atoms with Crippen LogP contribution in [0.25, 0.3) is 0 Å². The van der Waals surface area contributed by atoms with Gasteiger partial charge in [0.2, 0.25) is 0 Å². The summed E-state index contributed by atoms with van der Waals surface area (Å²) in [6.07, 6.45) is 2.19. The number of nitrogens with zero attached hydrogens (tertiary/aromatic N) is 1. The summed E-state index contributed by atoms with van der Waals surface area (Å²) < 4.78 is 6.11. The van der Waals surface area contributed by atoms with Gasteiger partial charge in [-0.15, -0.1) is 0 Å². The summed E-state index contributed by atoms with van der Waals surface area (Å²) in [5, 5.41) is 13.2. The molecule has 2 aliphatic heterocycles. The number of phenolic OH excluding ortho intramolecular Hbond substituents is 1. The topological polar surface area (TPSA) is 105 Å². The molecule has 1 amide bonds. The van der Waals surface area contributed by atoms with E-state index in [0.29, 0.717) is 13.1 Å². The Labute approximate surface area is 169 Å². The predicted octanol–water partition coefficient (Wildman–Crippen LogP) is 2.46. The van der Waals surface area contributed by atoms with E-state index in [0.717, 1.165) is 42.8 Å². The maximum Gasteiger partial charge on any atom is 0.256 e. The maximum absolute atomic E-state index is 13.0. The van der Waals surface area contributed by atoms with Gasteiger partial charge in [0, 0.05) is 24.8 Å². The summed E-state index contributed by atoms with van der Waals surface area (Å²) in [7, 11) is 0. The van der Waals surface area contributed by atoms with Gasteiger partial charge in [-0.2, -0.15) is 0 Å². The number of aromatic hydroxyl groups is 1. The Hall–Kier alpha value is -3.06. The number of ketones is 1. The van der Waals surface area contributed by atoms with Crippen LogP contribution in [0.2, 0.25) is 0 Å². The van der Waals surface area contributed by atoms with Crippen molar-refractivity contribution in [1.82, 2.24) is 10.2 Å². The number of rotatable bonds is 4. The minimum atomic E-state index is -0.319. The van der Waals surface area contributed by atoms with E-state index in [2.05, 4.69) is 5.32 Å². The number of carbonyl (C=O) groups is 2. The first kappa shape index (κ1) is 19.3. The third-order valence-electron chi connectivity index (χ3n) is 5.55. The summed E-state index contributed by atoms with van der Waals surface area (Å²) >= 11 is 0. The highest BCUT2D eigenvalue weighted by molar-refractivity contribution is 6.04. The lowest BCUT2D eigenvalue weighted by molar-refractivity contribution is 0.0752. The average Bonchev–Trinajstić information content (AvgIpc) is 3.11. The molecule has 2 heterocycles. The van der Waals surface area contributed by atoms with Crippen LogP contribution in [-0.2, 0) is 13.1 Å². The molecular weight excluding hydrogens is 370 g/mol. The van der Waals surface area contributed by atoms with E-state index in [-0.39, 0.29) is 40.4 Å². The lowest BCUT2D eigenvalue weighted by Crippen LogP contribution is -2.34. The Morgan fingerprint density at radius 2 is 1.83 bits per heavy atom. The fourth-order valence-electron chi connectivity index (χ4n) is 3.94. The van der Waals surface area contributed by atoms with E-state index in [4.69, 9.17) is 10.5 Å². The van der Waals surface area contributed by atoms with E-state index in [9.17, 15) is 14.7 Å². The molecule has 152 valence electrons. The van der Waals surface area contributed by atoms with Gasteiger partial charge in [0.05, 0.1) is 11.1 Å². The molecule has 0 bridgehead atoms. The molecule has 0 aromatic heterocycles. The number of ether oxygens (including phenoxy) is 1.